The minimum atomic E-state index is -0.397. The molecule has 38 heavy (non-hydrogen) atoms. The van der Waals surface area contributed by atoms with Gasteiger partial charge in [0.05, 0.1) is 11.9 Å². The van der Waals surface area contributed by atoms with Crippen molar-refractivity contribution in [1.82, 2.24) is 24.7 Å². The molecule has 1 N–H and O–H groups in total. The summed E-state index contributed by atoms with van der Waals surface area (Å²) in [5.41, 5.74) is 2.81. The maximum atomic E-state index is 12.7. The van der Waals surface area contributed by atoms with Crippen molar-refractivity contribution in [3.8, 4) is 5.75 Å². The Morgan fingerprint density at radius 3 is 2.24 bits per heavy atom. The average Bonchev–Trinajstić information content (AvgIpc) is 2.96. The molecule has 0 bridgehead atoms. The Balaban J connectivity index is 1.06. The number of nitrogens with zero attached hydrogens (tertiary/aromatic N) is 5. The van der Waals surface area contributed by atoms with E-state index in [-0.39, 0.29) is 5.91 Å². The molecule has 0 aliphatic carbocycles. The van der Waals surface area contributed by atoms with Crippen molar-refractivity contribution >= 4 is 17.8 Å². The number of carbonyl (C=O) groups excluding carboxylic acids is 2. The van der Waals surface area contributed by atoms with E-state index in [0.717, 1.165) is 45.0 Å². The fourth-order valence-electron chi connectivity index (χ4n) is 4.82. The van der Waals surface area contributed by atoms with E-state index in [2.05, 4.69) is 25.1 Å². The Bertz CT molecular complexity index is 1190. The van der Waals surface area contributed by atoms with Crippen LogP contribution in [0.2, 0.25) is 0 Å². The Hall–Kier alpha value is -3.82. The smallest absolute Gasteiger partial charge is 0.409 e. The van der Waals surface area contributed by atoms with Gasteiger partial charge in [0.1, 0.15) is 5.82 Å². The number of rotatable bonds is 7. The first-order chi connectivity index (χ1) is 18.6. The summed E-state index contributed by atoms with van der Waals surface area (Å²) < 4.78 is 5.50. The number of pyridine rings is 2. The fourth-order valence-corrected chi connectivity index (χ4v) is 4.82. The highest BCUT2D eigenvalue weighted by atomic mass is 16.6. The summed E-state index contributed by atoms with van der Waals surface area (Å²) in [5, 5.41) is 2.81. The van der Waals surface area contributed by atoms with Gasteiger partial charge >= 0.3 is 6.09 Å². The van der Waals surface area contributed by atoms with Crippen LogP contribution in [0.4, 0.5) is 10.6 Å². The first-order valence-corrected chi connectivity index (χ1v) is 13.3. The predicted octanol–water partition coefficient (Wildman–Crippen LogP) is 4.03. The highest BCUT2D eigenvalue weighted by Gasteiger charge is 2.23. The van der Waals surface area contributed by atoms with Crippen LogP contribution in [0.1, 0.15) is 40.9 Å². The lowest BCUT2D eigenvalue weighted by molar-refractivity contribution is 0.102. The molecule has 2 saturated heterocycles. The first-order valence-electron chi connectivity index (χ1n) is 13.3. The summed E-state index contributed by atoms with van der Waals surface area (Å²) in [4.78, 5) is 40.3. The van der Waals surface area contributed by atoms with E-state index in [9.17, 15) is 9.59 Å². The zero-order valence-electron chi connectivity index (χ0n) is 21.6. The number of hydrogen-bond acceptors (Lipinski definition) is 7. The maximum Gasteiger partial charge on any atom is 0.415 e. The Labute approximate surface area is 223 Å². The van der Waals surface area contributed by atoms with E-state index >= 15 is 0 Å². The Kier molecular flexibility index (Phi) is 8.57. The number of amides is 2. The van der Waals surface area contributed by atoms with Crippen molar-refractivity contribution in [1.29, 1.82) is 0 Å². The van der Waals surface area contributed by atoms with Crippen LogP contribution in [0.3, 0.4) is 0 Å². The van der Waals surface area contributed by atoms with Gasteiger partial charge in [0.15, 0.2) is 5.75 Å². The predicted molar refractivity (Wildman–Crippen MR) is 145 cm³/mol. The number of likely N-dealkylation sites (tertiary alicyclic amines) is 1. The number of benzene rings is 1. The summed E-state index contributed by atoms with van der Waals surface area (Å²) in [6.45, 7) is 6.66. The van der Waals surface area contributed by atoms with Crippen LogP contribution < -0.4 is 10.1 Å². The Morgan fingerprint density at radius 1 is 0.789 bits per heavy atom. The average molecular weight is 515 g/mol. The Morgan fingerprint density at radius 2 is 1.55 bits per heavy atom. The summed E-state index contributed by atoms with van der Waals surface area (Å²) in [5.74, 6) is 0.511. The van der Waals surface area contributed by atoms with Crippen molar-refractivity contribution in [2.75, 3.05) is 44.6 Å². The van der Waals surface area contributed by atoms with E-state index in [4.69, 9.17) is 4.74 Å². The van der Waals surface area contributed by atoms with Crippen LogP contribution in [0.5, 0.6) is 5.75 Å². The lowest BCUT2D eigenvalue weighted by atomic mass is 10.1. The van der Waals surface area contributed by atoms with E-state index < -0.39 is 6.09 Å². The third kappa shape index (κ3) is 7.14. The number of nitrogens with one attached hydrogen (secondary N) is 1. The first kappa shape index (κ1) is 25.8. The van der Waals surface area contributed by atoms with Gasteiger partial charge in [-0.1, -0.05) is 24.6 Å². The number of piperazine rings is 1. The molecule has 9 heteroatoms. The highest BCUT2D eigenvalue weighted by molar-refractivity contribution is 6.03. The van der Waals surface area contributed by atoms with Crippen LogP contribution in [0, 0.1) is 0 Å². The zero-order chi connectivity index (χ0) is 26.2. The minimum absolute atomic E-state index is 0.227. The summed E-state index contributed by atoms with van der Waals surface area (Å²) in [6, 6.07) is 16.9. The van der Waals surface area contributed by atoms with Gasteiger partial charge < -0.3 is 15.0 Å². The summed E-state index contributed by atoms with van der Waals surface area (Å²) in [6.07, 6.45) is 6.68. The highest BCUT2D eigenvalue weighted by Crippen LogP contribution is 2.17. The molecule has 0 spiro atoms. The van der Waals surface area contributed by atoms with Crippen molar-refractivity contribution in [3.63, 3.8) is 0 Å². The van der Waals surface area contributed by atoms with Gasteiger partial charge in [0.2, 0.25) is 0 Å². The molecule has 3 aromatic rings. The zero-order valence-corrected chi connectivity index (χ0v) is 21.6. The number of aromatic nitrogens is 2. The van der Waals surface area contributed by atoms with Crippen molar-refractivity contribution in [2.45, 2.75) is 32.4 Å². The third-order valence-corrected chi connectivity index (χ3v) is 7.00. The van der Waals surface area contributed by atoms with Crippen molar-refractivity contribution in [3.05, 3.63) is 83.8 Å². The van der Waals surface area contributed by atoms with Crippen LogP contribution in [0.15, 0.2) is 67.0 Å². The number of piperidine rings is 1. The van der Waals surface area contributed by atoms with Gasteiger partial charge in [-0.2, -0.15) is 0 Å². The quantitative estimate of drug-likeness (QED) is 0.509. The van der Waals surface area contributed by atoms with Crippen LogP contribution in [-0.4, -0.2) is 75.9 Å². The van der Waals surface area contributed by atoms with Crippen LogP contribution in [0.25, 0.3) is 0 Å². The van der Waals surface area contributed by atoms with Crippen molar-refractivity contribution in [2.24, 2.45) is 0 Å². The second-order valence-corrected chi connectivity index (χ2v) is 9.82. The monoisotopic (exact) mass is 514 g/mol. The molecular formula is C29H34N6O3. The number of ether oxygens (including phenoxy) is 1. The molecular weight excluding hydrogens is 480 g/mol. The van der Waals surface area contributed by atoms with Crippen LogP contribution in [-0.2, 0) is 13.1 Å². The molecule has 198 valence electrons. The molecule has 0 unspecified atom stereocenters. The molecule has 2 aromatic heterocycles. The SMILES string of the molecule is O=C(Nc1ccc(OC(=O)N2CCN(Cc3ccccn3)CC2)cn1)c1ccc(CN2CCCCC2)cc1. The second-order valence-electron chi connectivity index (χ2n) is 9.82. The molecule has 1 aromatic carbocycles. The molecule has 5 rings (SSSR count). The molecule has 2 aliphatic heterocycles. The van der Waals surface area contributed by atoms with E-state index in [1.807, 2.05) is 42.5 Å². The van der Waals surface area contributed by atoms with E-state index in [1.54, 1.807) is 23.2 Å². The number of carbonyl (C=O) groups is 2. The van der Waals surface area contributed by atoms with E-state index in [0.29, 0.717) is 30.2 Å². The lowest BCUT2D eigenvalue weighted by Crippen LogP contribution is -2.49. The normalized spacial score (nSPS) is 16.7. The second kappa shape index (κ2) is 12.6. The van der Waals surface area contributed by atoms with Gasteiger partial charge in [0, 0.05) is 51.0 Å². The number of hydrogen-bond donors (Lipinski definition) is 1. The molecule has 4 heterocycles. The van der Waals surface area contributed by atoms with Crippen LogP contribution >= 0.6 is 0 Å². The van der Waals surface area contributed by atoms with Gasteiger partial charge in [0.25, 0.3) is 5.91 Å². The topological polar surface area (TPSA) is 90.9 Å². The maximum absolute atomic E-state index is 12.7. The van der Waals surface area contributed by atoms with Crippen molar-refractivity contribution < 1.29 is 14.3 Å². The minimum Gasteiger partial charge on any atom is -0.409 e. The molecule has 0 radical (unpaired) electrons. The third-order valence-electron chi connectivity index (χ3n) is 7.00. The molecule has 2 amide bonds. The van der Waals surface area contributed by atoms with Gasteiger partial charge in [-0.05, 0) is 67.9 Å². The van der Waals surface area contributed by atoms with Gasteiger partial charge in [-0.15, -0.1) is 0 Å². The molecule has 0 saturated carbocycles. The fraction of sp³-hybridized carbons (Fsp3) is 0.379. The van der Waals surface area contributed by atoms with E-state index in [1.165, 1.54) is 31.0 Å². The van der Waals surface area contributed by atoms with Gasteiger partial charge in [-0.3, -0.25) is 19.6 Å². The molecule has 9 nitrogen and oxygen atoms in total. The van der Waals surface area contributed by atoms with Gasteiger partial charge in [-0.25, -0.2) is 9.78 Å². The molecule has 0 atom stereocenters. The number of anilines is 1. The molecule has 2 aliphatic rings. The summed E-state index contributed by atoms with van der Waals surface area (Å²) in [7, 11) is 0. The lowest BCUT2D eigenvalue weighted by Gasteiger charge is -2.33. The summed E-state index contributed by atoms with van der Waals surface area (Å²) >= 11 is 0. The molecule has 2 fully saturated rings. The standard InChI is InChI=1S/C29H34N6O3/c36-28(24-9-7-23(8-10-24)21-33-14-4-1-5-15-33)32-27-12-11-26(20-31-27)38-29(37)35-18-16-34(17-19-35)22-25-6-2-3-13-30-25/h2-3,6-13,20H,1,4-5,14-19,21-22H2,(H,31,32,36). The largest absolute Gasteiger partial charge is 0.415 e.